The Morgan fingerprint density at radius 3 is 2.32 bits per heavy atom. The maximum absolute atomic E-state index is 12.9. The van der Waals surface area contributed by atoms with Gasteiger partial charge in [-0.2, -0.15) is 5.10 Å². The molecule has 0 aliphatic carbocycles. The van der Waals surface area contributed by atoms with Gasteiger partial charge in [0.1, 0.15) is 17.3 Å². The molecule has 1 aromatic heterocycles. The standard InChI is InChI=1S/C11H7F2N3O3/c12-6-1-5(2-7(13)3-6)10(17)14-9-4-8(11(18)19)15-16-9/h1-4H,(H,18,19)(H2,14,15,16,17). The van der Waals surface area contributed by atoms with Gasteiger partial charge in [0.25, 0.3) is 5.91 Å². The van der Waals surface area contributed by atoms with Crippen LogP contribution < -0.4 is 5.32 Å². The van der Waals surface area contributed by atoms with E-state index in [4.69, 9.17) is 5.11 Å². The van der Waals surface area contributed by atoms with E-state index in [1.54, 1.807) is 0 Å². The molecule has 0 spiro atoms. The third-order valence-corrected chi connectivity index (χ3v) is 2.17. The number of amides is 1. The summed E-state index contributed by atoms with van der Waals surface area (Å²) in [6.07, 6.45) is 0. The summed E-state index contributed by atoms with van der Waals surface area (Å²) in [7, 11) is 0. The first kappa shape index (κ1) is 12.7. The highest BCUT2D eigenvalue weighted by molar-refractivity contribution is 6.04. The number of carboxylic acids is 1. The van der Waals surface area contributed by atoms with Crippen molar-refractivity contribution in [2.24, 2.45) is 0 Å². The van der Waals surface area contributed by atoms with Crippen molar-refractivity contribution in [3.63, 3.8) is 0 Å². The van der Waals surface area contributed by atoms with Gasteiger partial charge >= 0.3 is 5.97 Å². The van der Waals surface area contributed by atoms with E-state index in [1.807, 2.05) is 0 Å². The molecule has 0 bridgehead atoms. The predicted molar refractivity (Wildman–Crippen MR) is 59.9 cm³/mol. The minimum atomic E-state index is -1.25. The van der Waals surface area contributed by atoms with Gasteiger partial charge in [-0.3, -0.25) is 9.89 Å². The third kappa shape index (κ3) is 2.92. The number of halogens is 2. The largest absolute Gasteiger partial charge is 0.477 e. The zero-order valence-electron chi connectivity index (χ0n) is 9.28. The number of carbonyl (C=O) groups is 2. The van der Waals surface area contributed by atoms with Crippen molar-refractivity contribution in [2.75, 3.05) is 5.32 Å². The Hall–Kier alpha value is -2.77. The number of H-pyrrole nitrogens is 1. The van der Waals surface area contributed by atoms with Crippen molar-refractivity contribution in [3.8, 4) is 0 Å². The SMILES string of the molecule is O=C(Nc1cc(C(=O)O)[nH]n1)c1cc(F)cc(F)c1. The van der Waals surface area contributed by atoms with Crippen LogP contribution >= 0.6 is 0 Å². The molecule has 0 fully saturated rings. The Balaban J connectivity index is 2.18. The number of hydrogen-bond donors (Lipinski definition) is 3. The topological polar surface area (TPSA) is 95.1 Å². The van der Waals surface area contributed by atoms with Gasteiger partial charge in [0.2, 0.25) is 0 Å². The molecule has 3 N–H and O–H groups in total. The lowest BCUT2D eigenvalue weighted by atomic mass is 10.2. The minimum absolute atomic E-state index is 0.0629. The first-order valence-electron chi connectivity index (χ1n) is 5.02. The molecule has 0 unspecified atom stereocenters. The Labute approximate surface area is 105 Å². The van der Waals surface area contributed by atoms with E-state index in [1.165, 1.54) is 0 Å². The van der Waals surface area contributed by atoms with Gasteiger partial charge in [-0.25, -0.2) is 13.6 Å². The molecule has 0 saturated heterocycles. The van der Waals surface area contributed by atoms with Crippen molar-refractivity contribution in [3.05, 3.63) is 47.2 Å². The number of carboxylic acid groups (broad SMARTS) is 1. The van der Waals surface area contributed by atoms with Crippen molar-refractivity contribution in [2.45, 2.75) is 0 Å². The molecule has 0 aliphatic heterocycles. The second kappa shape index (κ2) is 4.84. The number of hydrogen-bond acceptors (Lipinski definition) is 3. The maximum Gasteiger partial charge on any atom is 0.353 e. The normalized spacial score (nSPS) is 10.2. The highest BCUT2D eigenvalue weighted by Gasteiger charge is 2.13. The fourth-order valence-corrected chi connectivity index (χ4v) is 1.37. The minimum Gasteiger partial charge on any atom is -0.477 e. The number of nitrogens with one attached hydrogen (secondary N) is 2. The van der Waals surface area contributed by atoms with E-state index in [0.717, 1.165) is 18.2 Å². The lowest BCUT2D eigenvalue weighted by molar-refractivity contribution is 0.0690. The van der Waals surface area contributed by atoms with Crippen molar-refractivity contribution < 1.29 is 23.5 Å². The summed E-state index contributed by atoms with van der Waals surface area (Å²) < 4.78 is 25.8. The predicted octanol–water partition coefficient (Wildman–Crippen LogP) is 1.64. The molecule has 0 saturated carbocycles. The van der Waals surface area contributed by atoms with E-state index in [-0.39, 0.29) is 17.1 Å². The summed E-state index contributed by atoms with van der Waals surface area (Å²) in [6, 6.07) is 3.41. The van der Waals surface area contributed by atoms with Gasteiger partial charge in [-0.15, -0.1) is 0 Å². The smallest absolute Gasteiger partial charge is 0.353 e. The summed E-state index contributed by atoms with van der Waals surface area (Å²) in [5, 5.41) is 16.5. The van der Waals surface area contributed by atoms with Crippen molar-refractivity contribution in [1.82, 2.24) is 10.2 Å². The van der Waals surface area contributed by atoms with E-state index in [9.17, 15) is 18.4 Å². The fourth-order valence-electron chi connectivity index (χ4n) is 1.37. The van der Waals surface area contributed by atoms with E-state index in [0.29, 0.717) is 6.07 Å². The van der Waals surface area contributed by atoms with E-state index in [2.05, 4.69) is 15.5 Å². The number of aromatic nitrogens is 2. The molecule has 0 radical (unpaired) electrons. The highest BCUT2D eigenvalue weighted by Crippen LogP contribution is 2.11. The lowest BCUT2D eigenvalue weighted by Crippen LogP contribution is -2.12. The summed E-state index contributed by atoms with van der Waals surface area (Å²) >= 11 is 0. The van der Waals surface area contributed by atoms with Crippen LogP contribution in [0.2, 0.25) is 0 Å². The lowest BCUT2D eigenvalue weighted by Gasteiger charge is -2.02. The first-order valence-corrected chi connectivity index (χ1v) is 5.02. The van der Waals surface area contributed by atoms with Gasteiger partial charge in [0.05, 0.1) is 0 Å². The number of anilines is 1. The number of aromatic carboxylic acids is 1. The number of carbonyl (C=O) groups excluding carboxylic acids is 1. The van der Waals surface area contributed by atoms with E-state index >= 15 is 0 Å². The molecule has 8 heteroatoms. The number of rotatable bonds is 3. The number of aromatic amines is 1. The molecule has 1 aromatic carbocycles. The monoisotopic (exact) mass is 267 g/mol. The van der Waals surface area contributed by atoms with Crippen molar-refractivity contribution >= 4 is 17.7 Å². The molecule has 98 valence electrons. The average molecular weight is 267 g/mol. The van der Waals surface area contributed by atoms with Crippen LogP contribution in [0.3, 0.4) is 0 Å². The van der Waals surface area contributed by atoms with Crippen LogP contribution in [0.4, 0.5) is 14.6 Å². The molecular weight excluding hydrogens is 260 g/mol. The van der Waals surface area contributed by atoms with Crippen LogP contribution in [0, 0.1) is 11.6 Å². The number of nitrogens with zero attached hydrogens (tertiary/aromatic N) is 1. The second-order valence-electron chi connectivity index (χ2n) is 3.58. The number of benzene rings is 1. The molecule has 0 atom stereocenters. The average Bonchev–Trinajstić information content (AvgIpc) is 2.76. The van der Waals surface area contributed by atoms with Crippen LogP contribution in [-0.2, 0) is 0 Å². The van der Waals surface area contributed by atoms with Gasteiger partial charge in [0, 0.05) is 17.7 Å². The Bertz CT molecular complexity index is 634. The quantitative estimate of drug-likeness (QED) is 0.787. The highest BCUT2D eigenvalue weighted by atomic mass is 19.1. The van der Waals surface area contributed by atoms with Crippen LogP contribution in [0.15, 0.2) is 24.3 Å². The van der Waals surface area contributed by atoms with Crippen LogP contribution in [0.1, 0.15) is 20.8 Å². The summed E-state index contributed by atoms with van der Waals surface area (Å²) in [5.41, 5.74) is -0.460. The zero-order valence-corrected chi connectivity index (χ0v) is 9.28. The molecule has 2 aromatic rings. The molecular formula is C11H7F2N3O3. The van der Waals surface area contributed by atoms with Gasteiger partial charge < -0.3 is 10.4 Å². The molecule has 0 aliphatic rings. The summed E-state index contributed by atoms with van der Waals surface area (Å²) in [4.78, 5) is 22.2. The van der Waals surface area contributed by atoms with Crippen LogP contribution in [-0.4, -0.2) is 27.2 Å². The van der Waals surface area contributed by atoms with Crippen molar-refractivity contribution in [1.29, 1.82) is 0 Å². The molecule has 19 heavy (non-hydrogen) atoms. The molecule has 2 rings (SSSR count). The zero-order chi connectivity index (χ0) is 14.0. The van der Waals surface area contributed by atoms with E-state index < -0.39 is 23.5 Å². The fraction of sp³-hybridized carbons (Fsp3) is 0. The molecule has 6 nitrogen and oxygen atoms in total. The summed E-state index contributed by atoms with van der Waals surface area (Å²) in [5.74, 6) is -3.89. The molecule has 1 amide bonds. The molecule has 1 heterocycles. The summed E-state index contributed by atoms with van der Waals surface area (Å²) in [6.45, 7) is 0. The van der Waals surface area contributed by atoms with Crippen LogP contribution in [0.25, 0.3) is 0 Å². The Kier molecular flexibility index (Phi) is 3.23. The Morgan fingerprint density at radius 1 is 1.16 bits per heavy atom. The van der Waals surface area contributed by atoms with Gasteiger partial charge in [-0.1, -0.05) is 0 Å². The Morgan fingerprint density at radius 2 is 1.79 bits per heavy atom. The van der Waals surface area contributed by atoms with Gasteiger partial charge in [-0.05, 0) is 12.1 Å². The van der Waals surface area contributed by atoms with Crippen LogP contribution in [0.5, 0.6) is 0 Å². The second-order valence-corrected chi connectivity index (χ2v) is 3.58. The maximum atomic E-state index is 12.9. The van der Waals surface area contributed by atoms with Gasteiger partial charge in [0.15, 0.2) is 5.82 Å². The first-order chi connectivity index (χ1) is 8.95. The third-order valence-electron chi connectivity index (χ3n) is 2.17.